The van der Waals surface area contributed by atoms with E-state index >= 15 is 0 Å². The van der Waals surface area contributed by atoms with E-state index in [1.807, 2.05) is 0 Å². The van der Waals surface area contributed by atoms with Crippen molar-refractivity contribution in [3.63, 3.8) is 0 Å². The number of hydrogen-bond acceptors (Lipinski definition) is 5. The van der Waals surface area contributed by atoms with Crippen molar-refractivity contribution in [3.05, 3.63) is 78.5 Å². The average molecular weight is 417 g/mol. The van der Waals surface area contributed by atoms with Crippen LogP contribution in [0.5, 0.6) is 0 Å². The normalized spacial score (nSPS) is 12.3. The lowest BCUT2D eigenvalue weighted by Crippen LogP contribution is -2.32. The first-order chi connectivity index (χ1) is 13.8. The molecule has 3 N–H and O–H groups in total. The fourth-order valence-electron chi connectivity index (χ4n) is 2.53. The van der Waals surface area contributed by atoms with E-state index in [1.165, 1.54) is 36.6 Å². The van der Waals surface area contributed by atoms with Crippen LogP contribution in [0, 0.1) is 5.82 Å². The van der Waals surface area contributed by atoms with Crippen LogP contribution >= 0.6 is 0 Å². The maximum absolute atomic E-state index is 13.7. The molecule has 29 heavy (non-hydrogen) atoms. The lowest BCUT2D eigenvalue weighted by Gasteiger charge is -2.16. The molecule has 152 valence electrons. The number of halogens is 1. The summed E-state index contributed by atoms with van der Waals surface area (Å²) in [6.45, 7) is 1.61. The third kappa shape index (κ3) is 5.43. The van der Waals surface area contributed by atoms with Gasteiger partial charge >= 0.3 is 0 Å². The van der Waals surface area contributed by atoms with Crippen LogP contribution in [0.1, 0.15) is 12.7 Å². The van der Waals surface area contributed by atoms with Gasteiger partial charge < -0.3 is 15.1 Å². The zero-order valence-corrected chi connectivity index (χ0v) is 16.4. The van der Waals surface area contributed by atoms with E-state index in [1.54, 1.807) is 37.3 Å². The van der Waals surface area contributed by atoms with E-state index in [0.29, 0.717) is 11.4 Å². The Bertz CT molecular complexity index is 1080. The summed E-state index contributed by atoms with van der Waals surface area (Å²) in [5.74, 6) is -0.510. The van der Waals surface area contributed by atoms with Crippen molar-refractivity contribution in [1.29, 1.82) is 0 Å². The number of hydrogen-bond donors (Lipinski definition) is 3. The second kappa shape index (κ2) is 8.89. The van der Waals surface area contributed by atoms with Crippen molar-refractivity contribution in [2.24, 2.45) is 0 Å². The molecule has 3 rings (SSSR count). The molecule has 1 aromatic heterocycles. The molecule has 2 aromatic carbocycles. The number of amides is 1. The molecular weight excluding hydrogens is 397 g/mol. The Hall–Kier alpha value is -3.17. The third-order valence-electron chi connectivity index (χ3n) is 4.07. The van der Waals surface area contributed by atoms with E-state index in [2.05, 4.69) is 15.4 Å². The van der Waals surface area contributed by atoms with Gasteiger partial charge in [-0.1, -0.05) is 18.2 Å². The number of sulfonamides is 1. The Morgan fingerprint density at radius 2 is 1.90 bits per heavy atom. The fourth-order valence-corrected chi connectivity index (χ4v) is 3.57. The summed E-state index contributed by atoms with van der Waals surface area (Å²) in [6.07, 6.45) is 1.46. The van der Waals surface area contributed by atoms with Crippen molar-refractivity contribution in [2.75, 3.05) is 10.6 Å². The molecule has 0 aliphatic rings. The van der Waals surface area contributed by atoms with Crippen LogP contribution in [0.4, 0.5) is 15.8 Å². The minimum Gasteiger partial charge on any atom is -0.468 e. The first kappa shape index (κ1) is 20.6. The van der Waals surface area contributed by atoms with Crippen LogP contribution in [0.3, 0.4) is 0 Å². The lowest BCUT2D eigenvalue weighted by atomic mass is 10.2. The van der Waals surface area contributed by atoms with Gasteiger partial charge in [-0.3, -0.25) is 4.79 Å². The third-order valence-corrected chi connectivity index (χ3v) is 5.47. The van der Waals surface area contributed by atoms with E-state index in [0.717, 1.165) is 0 Å². The minimum absolute atomic E-state index is 0.0223. The first-order valence-corrected chi connectivity index (χ1v) is 10.3. The highest BCUT2D eigenvalue weighted by Gasteiger charge is 2.18. The van der Waals surface area contributed by atoms with Crippen molar-refractivity contribution >= 4 is 27.3 Å². The summed E-state index contributed by atoms with van der Waals surface area (Å²) in [7, 11) is -3.77. The lowest BCUT2D eigenvalue weighted by molar-refractivity contribution is -0.116. The Morgan fingerprint density at radius 1 is 1.10 bits per heavy atom. The van der Waals surface area contributed by atoms with Crippen molar-refractivity contribution < 1.29 is 22.0 Å². The second-order valence-electron chi connectivity index (χ2n) is 6.27. The molecule has 0 aliphatic carbocycles. The molecule has 0 fully saturated rings. The maximum Gasteiger partial charge on any atom is 0.246 e. The largest absolute Gasteiger partial charge is 0.468 e. The van der Waals surface area contributed by atoms with Crippen molar-refractivity contribution in [3.8, 4) is 0 Å². The van der Waals surface area contributed by atoms with Gasteiger partial charge in [0, 0.05) is 5.69 Å². The van der Waals surface area contributed by atoms with Crippen LogP contribution in [-0.2, 0) is 21.4 Å². The minimum atomic E-state index is -3.77. The molecule has 0 aliphatic heterocycles. The highest BCUT2D eigenvalue weighted by atomic mass is 32.2. The van der Waals surface area contributed by atoms with E-state index < -0.39 is 27.8 Å². The molecule has 0 saturated heterocycles. The highest BCUT2D eigenvalue weighted by Crippen LogP contribution is 2.18. The molecule has 0 unspecified atom stereocenters. The summed E-state index contributed by atoms with van der Waals surface area (Å²) in [5, 5.41) is 5.41. The summed E-state index contributed by atoms with van der Waals surface area (Å²) < 4.78 is 46.2. The number of nitrogens with one attached hydrogen (secondary N) is 3. The number of para-hydroxylation sites is 1. The Kier molecular flexibility index (Phi) is 6.30. The van der Waals surface area contributed by atoms with Gasteiger partial charge in [0.15, 0.2) is 0 Å². The molecule has 0 bridgehead atoms. The second-order valence-corrected chi connectivity index (χ2v) is 8.03. The van der Waals surface area contributed by atoms with Crippen LogP contribution in [0.15, 0.2) is 76.2 Å². The molecule has 0 saturated carbocycles. The van der Waals surface area contributed by atoms with Crippen LogP contribution in [-0.4, -0.2) is 20.4 Å². The van der Waals surface area contributed by atoms with Gasteiger partial charge in [-0.05, 0) is 49.4 Å². The molecule has 7 nitrogen and oxygen atoms in total. The molecule has 3 aromatic rings. The van der Waals surface area contributed by atoms with Crippen molar-refractivity contribution in [1.82, 2.24) is 4.72 Å². The number of furan rings is 1. The number of anilines is 2. The van der Waals surface area contributed by atoms with Gasteiger partial charge in [-0.15, -0.1) is 0 Å². The zero-order valence-electron chi connectivity index (χ0n) is 15.6. The Labute approximate surface area is 168 Å². The summed E-state index contributed by atoms with van der Waals surface area (Å²) in [4.78, 5) is 12.3. The number of rotatable bonds is 8. The van der Waals surface area contributed by atoms with Crippen LogP contribution in [0.2, 0.25) is 0 Å². The fraction of sp³-hybridized carbons (Fsp3) is 0.150. The molecular formula is C20H20FN3O4S. The van der Waals surface area contributed by atoms with E-state index in [-0.39, 0.29) is 17.1 Å². The van der Waals surface area contributed by atoms with Gasteiger partial charge in [-0.25, -0.2) is 17.5 Å². The molecule has 9 heteroatoms. The van der Waals surface area contributed by atoms with Crippen LogP contribution < -0.4 is 15.4 Å². The number of benzene rings is 2. The topological polar surface area (TPSA) is 100 Å². The molecule has 0 radical (unpaired) electrons. The van der Waals surface area contributed by atoms with Gasteiger partial charge in [0.1, 0.15) is 17.6 Å². The average Bonchev–Trinajstić information content (AvgIpc) is 3.22. The van der Waals surface area contributed by atoms with Crippen molar-refractivity contribution in [2.45, 2.75) is 24.4 Å². The molecule has 1 atom stereocenters. The molecule has 0 spiro atoms. The zero-order chi connectivity index (χ0) is 20.9. The quantitative estimate of drug-likeness (QED) is 0.522. The SMILES string of the molecule is C[C@@H](Nc1cccc(S(=O)(=O)NCc2ccco2)c1)C(=O)Nc1ccccc1F. The monoisotopic (exact) mass is 417 g/mol. The van der Waals surface area contributed by atoms with E-state index in [4.69, 9.17) is 4.42 Å². The van der Waals surface area contributed by atoms with Gasteiger partial charge in [0.25, 0.3) is 0 Å². The van der Waals surface area contributed by atoms with Gasteiger partial charge in [0.2, 0.25) is 15.9 Å². The summed E-state index contributed by atoms with van der Waals surface area (Å²) in [6, 6.07) is 14.5. The highest BCUT2D eigenvalue weighted by molar-refractivity contribution is 7.89. The summed E-state index contributed by atoms with van der Waals surface area (Å²) >= 11 is 0. The van der Waals surface area contributed by atoms with Gasteiger partial charge in [0.05, 0.1) is 23.4 Å². The van der Waals surface area contributed by atoms with Crippen LogP contribution in [0.25, 0.3) is 0 Å². The smallest absolute Gasteiger partial charge is 0.246 e. The predicted octanol–water partition coefficient (Wildman–Crippen LogP) is 3.34. The predicted molar refractivity (Wildman–Crippen MR) is 107 cm³/mol. The summed E-state index contributed by atoms with van der Waals surface area (Å²) in [5.41, 5.74) is 0.506. The van der Waals surface area contributed by atoms with E-state index in [9.17, 15) is 17.6 Å². The Morgan fingerprint density at radius 3 is 2.62 bits per heavy atom. The van der Waals surface area contributed by atoms with Gasteiger partial charge in [-0.2, -0.15) is 0 Å². The first-order valence-electron chi connectivity index (χ1n) is 8.79. The Balaban J connectivity index is 1.65. The maximum atomic E-state index is 13.7. The number of carbonyl (C=O) groups excluding carboxylic acids is 1. The number of carbonyl (C=O) groups is 1. The molecule has 1 heterocycles. The molecule has 1 amide bonds. The standard InChI is InChI=1S/C20H20FN3O4S/c1-14(20(25)24-19-10-3-2-9-18(19)21)23-15-6-4-8-17(12-15)29(26,27)22-13-16-7-5-11-28-16/h2-12,14,22-23H,13H2,1H3,(H,24,25)/t14-/m1/s1.